The van der Waals surface area contributed by atoms with Crippen LogP contribution in [-0.4, -0.2) is 22.2 Å². The summed E-state index contributed by atoms with van der Waals surface area (Å²) in [6, 6.07) is 1.81. The number of hydrogen-bond acceptors (Lipinski definition) is 3. The number of amides is 1. The van der Waals surface area contributed by atoms with E-state index in [1.807, 2.05) is 0 Å². The molecule has 0 aliphatic rings. The number of carboxylic acid groups (broad SMARTS) is 1. The Bertz CT molecular complexity index is 670. The van der Waals surface area contributed by atoms with Gasteiger partial charge in [0.15, 0.2) is 0 Å². The number of rotatable bonds is 4. The van der Waals surface area contributed by atoms with Gasteiger partial charge in [-0.3, -0.25) is 9.59 Å². The zero-order chi connectivity index (χ0) is 16.3. The van der Waals surface area contributed by atoms with Crippen molar-refractivity contribution in [2.24, 2.45) is 0 Å². The Morgan fingerprint density at radius 3 is 2.24 bits per heavy atom. The van der Waals surface area contributed by atoms with Crippen molar-refractivity contribution in [3.63, 3.8) is 0 Å². The molecule has 5 nitrogen and oxygen atoms in total. The van der Waals surface area contributed by atoms with Gasteiger partial charge in [-0.25, -0.2) is 9.18 Å². The normalized spacial score (nSPS) is 11.7. The van der Waals surface area contributed by atoms with Gasteiger partial charge in [0, 0.05) is 11.1 Å². The lowest BCUT2D eigenvalue weighted by atomic mass is 10.1. The molecular formula is C13H10Cl2FNO4. The predicted molar refractivity (Wildman–Crippen MR) is 76.2 cm³/mol. The fourth-order valence-electron chi connectivity index (χ4n) is 1.34. The van der Waals surface area contributed by atoms with Crippen LogP contribution in [0.4, 0.5) is 10.1 Å². The lowest BCUT2D eigenvalue weighted by molar-refractivity contribution is -0.133. The number of benzene rings is 1. The summed E-state index contributed by atoms with van der Waals surface area (Å²) >= 11 is 10.9. The minimum Gasteiger partial charge on any atom is -0.478 e. The Labute approximate surface area is 129 Å². The molecule has 112 valence electrons. The summed E-state index contributed by atoms with van der Waals surface area (Å²) < 4.78 is 13.7. The summed E-state index contributed by atoms with van der Waals surface area (Å²) in [5.74, 6) is -2.96. The average molecular weight is 334 g/mol. The van der Waals surface area contributed by atoms with Gasteiger partial charge in [-0.2, -0.15) is 0 Å². The van der Waals surface area contributed by atoms with Gasteiger partial charge in [-0.05, 0) is 37.6 Å². The van der Waals surface area contributed by atoms with Crippen molar-refractivity contribution in [1.29, 1.82) is 0 Å². The highest BCUT2D eigenvalue weighted by atomic mass is 35.5. The Morgan fingerprint density at radius 1 is 1.19 bits per heavy atom. The molecule has 0 aliphatic heterocycles. The third-order valence-electron chi connectivity index (χ3n) is 2.74. The Balaban J connectivity index is 3.17. The summed E-state index contributed by atoms with van der Waals surface area (Å²) in [4.78, 5) is 33.7. The van der Waals surface area contributed by atoms with Crippen molar-refractivity contribution in [3.05, 3.63) is 39.7 Å². The summed E-state index contributed by atoms with van der Waals surface area (Å²) in [5, 5.41) is 9.84. The Kier molecular flexibility index (Phi) is 5.46. The first-order chi connectivity index (χ1) is 9.65. The van der Waals surface area contributed by atoms with Crippen LogP contribution in [0.15, 0.2) is 23.3 Å². The minimum atomic E-state index is -1.27. The first-order valence-corrected chi connectivity index (χ1v) is 6.31. The van der Waals surface area contributed by atoms with E-state index in [1.54, 1.807) is 0 Å². The van der Waals surface area contributed by atoms with Gasteiger partial charge in [0.1, 0.15) is 5.82 Å². The molecule has 0 fully saturated rings. The third kappa shape index (κ3) is 4.03. The van der Waals surface area contributed by atoms with Crippen LogP contribution in [0, 0.1) is 5.82 Å². The van der Waals surface area contributed by atoms with Gasteiger partial charge in [0.2, 0.25) is 0 Å². The third-order valence-corrected chi connectivity index (χ3v) is 3.26. The van der Waals surface area contributed by atoms with Crippen LogP contribution in [0.3, 0.4) is 0 Å². The molecule has 0 bridgehead atoms. The van der Waals surface area contributed by atoms with E-state index in [-0.39, 0.29) is 27.4 Å². The zero-order valence-electron chi connectivity index (χ0n) is 11.0. The van der Waals surface area contributed by atoms with Crippen molar-refractivity contribution < 1.29 is 23.9 Å². The van der Waals surface area contributed by atoms with Gasteiger partial charge in [0.25, 0.3) is 11.1 Å². The number of anilines is 1. The fraction of sp³-hybridized carbons (Fsp3) is 0.154. The quantitative estimate of drug-likeness (QED) is 0.654. The zero-order valence-corrected chi connectivity index (χ0v) is 12.5. The highest BCUT2D eigenvalue weighted by molar-refractivity contribution is 6.68. The molecule has 0 saturated heterocycles. The number of carbonyl (C=O) groups excluding carboxylic acids is 2. The van der Waals surface area contributed by atoms with Crippen molar-refractivity contribution in [3.8, 4) is 0 Å². The molecule has 0 heterocycles. The first kappa shape index (κ1) is 17.1. The van der Waals surface area contributed by atoms with E-state index < -0.39 is 22.9 Å². The van der Waals surface area contributed by atoms with E-state index >= 15 is 0 Å². The van der Waals surface area contributed by atoms with Crippen LogP contribution in [-0.2, 0) is 9.59 Å². The molecule has 8 heteroatoms. The molecule has 21 heavy (non-hydrogen) atoms. The average Bonchev–Trinajstić information content (AvgIpc) is 2.39. The molecule has 1 amide bonds. The van der Waals surface area contributed by atoms with Crippen LogP contribution in [0.2, 0.25) is 5.02 Å². The summed E-state index contributed by atoms with van der Waals surface area (Å²) in [5.41, 5.74) is -0.788. The second kappa shape index (κ2) is 6.69. The van der Waals surface area contributed by atoms with Crippen molar-refractivity contribution in [2.45, 2.75) is 13.8 Å². The second-order valence-electron chi connectivity index (χ2n) is 4.09. The van der Waals surface area contributed by atoms with Crippen LogP contribution in [0.5, 0.6) is 0 Å². The van der Waals surface area contributed by atoms with E-state index in [4.69, 9.17) is 28.3 Å². The fourth-order valence-corrected chi connectivity index (χ4v) is 1.78. The molecule has 1 rings (SSSR count). The van der Waals surface area contributed by atoms with E-state index in [2.05, 4.69) is 5.32 Å². The molecule has 0 radical (unpaired) electrons. The number of hydrogen-bond donors (Lipinski definition) is 2. The lowest BCUT2D eigenvalue weighted by Crippen LogP contribution is -2.17. The monoisotopic (exact) mass is 333 g/mol. The highest BCUT2D eigenvalue weighted by Gasteiger charge is 2.17. The van der Waals surface area contributed by atoms with Crippen LogP contribution in [0.25, 0.3) is 0 Å². The first-order valence-electron chi connectivity index (χ1n) is 5.56. The van der Waals surface area contributed by atoms with Gasteiger partial charge >= 0.3 is 5.97 Å². The van der Waals surface area contributed by atoms with Crippen LogP contribution >= 0.6 is 23.2 Å². The number of nitrogens with one attached hydrogen (secondary N) is 1. The lowest BCUT2D eigenvalue weighted by Gasteiger charge is -2.10. The number of carboxylic acids is 1. The highest BCUT2D eigenvalue weighted by Crippen LogP contribution is 2.26. The number of aliphatic carboxylic acids is 1. The van der Waals surface area contributed by atoms with Crippen molar-refractivity contribution in [1.82, 2.24) is 0 Å². The van der Waals surface area contributed by atoms with Crippen molar-refractivity contribution >= 4 is 46.0 Å². The largest absolute Gasteiger partial charge is 0.478 e. The van der Waals surface area contributed by atoms with Gasteiger partial charge < -0.3 is 10.4 Å². The molecule has 0 spiro atoms. The smallest absolute Gasteiger partial charge is 0.331 e. The number of halogens is 3. The molecule has 0 aliphatic carbocycles. The molecule has 1 aromatic rings. The standard InChI is InChI=1S/C13H10Cl2FNO4/c1-5(6(2)13(20)21)12(19)17-10-3-7(11(15)18)8(14)4-9(10)16/h3-4H,1-2H3,(H,17,19)(H,20,21). The van der Waals surface area contributed by atoms with Gasteiger partial charge in [0.05, 0.1) is 16.3 Å². The molecule has 0 unspecified atom stereocenters. The summed E-state index contributed by atoms with van der Waals surface area (Å²) in [6.45, 7) is 2.52. The maximum Gasteiger partial charge on any atom is 0.331 e. The van der Waals surface area contributed by atoms with Gasteiger partial charge in [-0.15, -0.1) is 0 Å². The van der Waals surface area contributed by atoms with Crippen molar-refractivity contribution in [2.75, 3.05) is 5.32 Å². The van der Waals surface area contributed by atoms with E-state index in [1.165, 1.54) is 13.8 Å². The Hall–Kier alpha value is -1.92. The summed E-state index contributed by atoms with van der Waals surface area (Å²) in [6.07, 6.45) is 0. The SMILES string of the molecule is CC(C(=O)O)=C(C)C(=O)Nc1cc(C(=O)Cl)c(Cl)cc1F. The maximum absolute atomic E-state index is 13.7. The minimum absolute atomic E-state index is 0.101. The second-order valence-corrected chi connectivity index (χ2v) is 4.85. The molecule has 0 saturated carbocycles. The van der Waals surface area contributed by atoms with E-state index in [0.717, 1.165) is 12.1 Å². The summed E-state index contributed by atoms with van der Waals surface area (Å²) in [7, 11) is 0. The molecule has 2 N–H and O–H groups in total. The van der Waals surface area contributed by atoms with Gasteiger partial charge in [-0.1, -0.05) is 11.6 Å². The molecule has 1 aromatic carbocycles. The van der Waals surface area contributed by atoms with Crippen LogP contribution < -0.4 is 5.32 Å². The molecule has 0 atom stereocenters. The topological polar surface area (TPSA) is 83.5 Å². The Morgan fingerprint density at radius 2 is 1.76 bits per heavy atom. The molecule has 0 aromatic heterocycles. The maximum atomic E-state index is 13.7. The van der Waals surface area contributed by atoms with Crippen LogP contribution in [0.1, 0.15) is 24.2 Å². The van der Waals surface area contributed by atoms with E-state index in [0.29, 0.717) is 0 Å². The predicted octanol–water partition coefficient (Wildman–Crippen LogP) is 3.22. The number of carbonyl (C=O) groups is 3. The molecular weight excluding hydrogens is 324 g/mol. The van der Waals surface area contributed by atoms with E-state index in [9.17, 15) is 18.8 Å².